The molecule has 0 N–H and O–H groups in total. The van der Waals surface area contributed by atoms with Crippen molar-refractivity contribution in [2.45, 2.75) is 33.6 Å². The van der Waals surface area contributed by atoms with Crippen LogP contribution in [-0.2, 0) is 4.79 Å². The van der Waals surface area contributed by atoms with E-state index in [4.69, 9.17) is 0 Å². The van der Waals surface area contributed by atoms with Gasteiger partial charge in [0, 0.05) is 26.2 Å². The molecule has 0 spiro atoms. The first-order chi connectivity index (χ1) is 7.78. The fourth-order valence-corrected chi connectivity index (χ4v) is 1.97. The van der Waals surface area contributed by atoms with Crippen LogP contribution < -0.4 is 0 Å². The van der Waals surface area contributed by atoms with E-state index in [1.807, 2.05) is 37.0 Å². The van der Waals surface area contributed by atoms with Gasteiger partial charge in [0.1, 0.15) is 0 Å². The van der Waals surface area contributed by atoms with Crippen LogP contribution in [0, 0.1) is 5.41 Å². The fourth-order valence-electron chi connectivity index (χ4n) is 1.97. The van der Waals surface area contributed by atoms with Crippen molar-refractivity contribution in [3.63, 3.8) is 0 Å². The van der Waals surface area contributed by atoms with Crippen molar-refractivity contribution in [1.82, 2.24) is 9.80 Å². The van der Waals surface area contributed by atoms with Crippen LogP contribution in [0.4, 0.5) is 0 Å². The summed E-state index contributed by atoms with van der Waals surface area (Å²) in [5, 5.41) is 0. The molecule has 1 amide bonds. The van der Waals surface area contributed by atoms with Gasteiger partial charge in [0.2, 0.25) is 5.91 Å². The molecule has 3 heteroatoms. The molecule has 0 fully saturated rings. The van der Waals surface area contributed by atoms with Crippen LogP contribution in [0.3, 0.4) is 0 Å². The van der Waals surface area contributed by atoms with Crippen LogP contribution in [-0.4, -0.2) is 49.9 Å². The van der Waals surface area contributed by atoms with Crippen LogP contribution in [0.2, 0.25) is 0 Å². The summed E-state index contributed by atoms with van der Waals surface area (Å²) < 4.78 is 0. The zero-order chi connectivity index (χ0) is 13.5. The minimum absolute atomic E-state index is 0.0935. The third-order valence-electron chi connectivity index (χ3n) is 2.70. The Kier molecular flexibility index (Phi) is 7.12. The Morgan fingerprint density at radius 2 is 1.82 bits per heavy atom. The maximum absolute atomic E-state index is 11.8. The molecule has 0 aromatic heterocycles. The molecule has 0 heterocycles. The van der Waals surface area contributed by atoms with Crippen LogP contribution in [0.5, 0.6) is 0 Å². The zero-order valence-corrected chi connectivity index (χ0v) is 12.3. The molecule has 17 heavy (non-hydrogen) atoms. The summed E-state index contributed by atoms with van der Waals surface area (Å²) in [5.41, 5.74) is 0.203. The molecule has 3 nitrogen and oxygen atoms in total. The summed E-state index contributed by atoms with van der Waals surface area (Å²) in [7, 11) is 5.85. The maximum atomic E-state index is 11.8. The van der Waals surface area contributed by atoms with Gasteiger partial charge in [-0.1, -0.05) is 33.3 Å². The van der Waals surface area contributed by atoms with Gasteiger partial charge in [-0.05, 0) is 25.9 Å². The first kappa shape index (κ1) is 16.2. The highest BCUT2D eigenvalue weighted by atomic mass is 16.2. The van der Waals surface area contributed by atoms with Gasteiger partial charge in [-0.3, -0.25) is 4.79 Å². The SMILES string of the molecule is CCCC(C)(C)CN(C)C(=O)/C=C/CN(C)C. The molecule has 0 saturated heterocycles. The van der Waals surface area contributed by atoms with E-state index in [0.717, 1.165) is 25.9 Å². The van der Waals surface area contributed by atoms with Crippen molar-refractivity contribution in [2.75, 3.05) is 34.2 Å². The standard InChI is InChI=1S/C14H28N2O/c1-7-10-14(2,3)12-16(6)13(17)9-8-11-15(4)5/h8-9H,7,10-12H2,1-6H3/b9-8+. The van der Waals surface area contributed by atoms with E-state index < -0.39 is 0 Å². The number of nitrogens with zero attached hydrogens (tertiary/aromatic N) is 2. The normalized spacial score (nSPS) is 12.4. The summed E-state index contributed by atoms with van der Waals surface area (Å²) >= 11 is 0. The topological polar surface area (TPSA) is 23.6 Å². The van der Waals surface area contributed by atoms with Crippen LogP contribution >= 0.6 is 0 Å². The molecule has 0 radical (unpaired) electrons. The Bertz CT molecular complexity index is 257. The Morgan fingerprint density at radius 3 is 2.29 bits per heavy atom. The van der Waals surface area contributed by atoms with E-state index in [0.29, 0.717) is 0 Å². The highest BCUT2D eigenvalue weighted by molar-refractivity contribution is 5.87. The van der Waals surface area contributed by atoms with Crippen molar-refractivity contribution in [2.24, 2.45) is 5.41 Å². The average molecular weight is 240 g/mol. The number of amides is 1. The second kappa shape index (κ2) is 7.49. The molecule has 0 saturated carbocycles. The lowest BCUT2D eigenvalue weighted by atomic mass is 9.87. The van der Waals surface area contributed by atoms with Gasteiger partial charge in [0.05, 0.1) is 0 Å². The smallest absolute Gasteiger partial charge is 0.246 e. The Balaban J connectivity index is 4.18. The number of carbonyl (C=O) groups is 1. The van der Waals surface area contributed by atoms with E-state index in [9.17, 15) is 4.79 Å². The lowest BCUT2D eigenvalue weighted by molar-refractivity contribution is -0.126. The second-order valence-electron chi connectivity index (χ2n) is 5.77. The molecule has 0 aromatic carbocycles. The molecular weight excluding hydrogens is 212 g/mol. The van der Waals surface area contributed by atoms with Crippen LogP contribution in [0.1, 0.15) is 33.6 Å². The molecule has 0 aliphatic rings. The molecule has 0 aromatic rings. The van der Waals surface area contributed by atoms with Gasteiger partial charge < -0.3 is 9.80 Å². The highest BCUT2D eigenvalue weighted by Crippen LogP contribution is 2.22. The van der Waals surface area contributed by atoms with Gasteiger partial charge in [0.25, 0.3) is 0 Å². The predicted molar refractivity (Wildman–Crippen MR) is 74.0 cm³/mol. The van der Waals surface area contributed by atoms with Gasteiger partial charge in [-0.2, -0.15) is 0 Å². The summed E-state index contributed by atoms with van der Waals surface area (Å²) in [5.74, 6) is 0.0935. The first-order valence-electron chi connectivity index (χ1n) is 6.35. The van der Waals surface area contributed by atoms with Gasteiger partial charge in [-0.25, -0.2) is 0 Å². The van der Waals surface area contributed by atoms with E-state index in [1.54, 1.807) is 6.08 Å². The minimum atomic E-state index is 0.0935. The zero-order valence-electron chi connectivity index (χ0n) is 12.3. The molecule has 0 aliphatic heterocycles. The fraction of sp³-hybridized carbons (Fsp3) is 0.786. The van der Waals surface area contributed by atoms with Crippen molar-refractivity contribution in [3.05, 3.63) is 12.2 Å². The van der Waals surface area contributed by atoms with Crippen LogP contribution in [0.25, 0.3) is 0 Å². The Morgan fingerprint density at radius 1 is 1.24 bits per heavy atom. The quantitative estimate of drug-likeness (QED) is 0.638. The van der Waals surface area contributed by atoms with Gasteiger partial charge in [0.15, 0.2) is 0 Å². The number of hydrogen-bond donors (Lipinski definition) is 0. The molecule has 0 unspecified atom stereocenters. The van der Waals surface area contributed by atoms with E-state index in [2.05, 4.69) is 20.8 Å². The molecular formula is C14H28N2O. The molecule has 0 rings (SSSR count). The van der Waals surface area contributed by atoms with Crippen molar-refractivity contribution >= 4 is 5.91 Å². The van der Waals surface area contributed by atoms with Crippen molar-refractivity contribution < 1.29 is 4.79 Å². The summed E-state index contributed by atoms with van der Waals surface area (Å²) in [6, 6.07) is 0. The Labute approximate surface area is 106 Å². The average Bonchev–Trinajstić information content (AvgIpc) is 2.15. The van der Waals surface area contributed by atoms with Gasteiger partial charge >= 0.3 is 0 Å². The summed E-state index contributed by atoms with van der Waals surface area (Å²) in [6.45, 7) is 8.22. The number of carbonyl (C=O) groups excluding carboxylic acids is 1. The lowest BCUT2D eigenvalue weighted by Gasteiger charge is -2.29. The molecule has 0 aliphatic carbocycles. The summed E-state index contributed by atoms with van der Waals surface area (Å²) in [6.07, 6.45) is 5.88. The van der Waals surface area contributed by atoms with Crippen molar-refractivity contribution in [1.29, 1.82) is 0 Å². The lowest BCUT2D eigenvalue weighted by Crippen LogP contribution is -2.35. The minimum Gasteiger partial charge on any atom is -0.342 e. The van der Waals surface area contributed by atoms with Crippen molar-refractivity contribution in [3.8, 4) is 0 Å². The second-order valence-corrected chi connectivity index (χ2v) is 5.77. The number of hydrogen-bond acceptors (Lipinski definition) is 2. The van der Waals surface area contributed by atoms with Crippen LogP contribution in [0.15, 0.2) is 12.2 Å². The van der Waals surface area contributed by atoms with E-state index in [1.165, 1.54) is 0 Å². The highest BCUT2D eigenvalue weighted by Gasteiger charge is 2.20. The van der Waals surface area contributed by atoms with Gasteiger partial charge in [-0.15, -0.1) is 0 Å². The Hall–Kier alpha value is -0.830. The maximum Gasteiger partial charge on any atom is 0.246 e. The summed E-state index contributed by atoms with van der Waals surface area (Å²) in [4.78, 5) is 15.7. The monoisotopic (exact) mass is 240 g/mol. The largest absolute Gasteiger partial charge is 0.342 e. The molecule has 100 valence electrons. The number of rotatable bonds is 7. The predicted octanol–water partition coefficient (Wildman–Crippen LogP) is 2.39. The number of likely N-dealkylation sites (N-methyl/N-ethyl adjacent to an activating group) is 2. The molecule has 0 bridgehead atoms. The van der Waals surface area contributed by atoms with E-state index >= 15 is 0 Å². The van der Waals surface area contributed by atoms with E-state index in [-0.39, 0.29) is 11.3 Å². The first-order valence-corrected chi connectivity index (χ1v) is 6.35. The molecule has 0 atom stereocenters. The third-order valence-corrected chi connectivity index (χ3v) is 2.70. The third kappa shape index (κ3) is 7.97.